The van der Waals surface area contributed by atoms with Crippen molar-refractivity contribution in [3.05, 3.63) is 0 Å². The number of nitriles is 1. The summed E-state index contributed by atoms with van der Waals surface area (Å²) in [5.41, 5.74) is 0. The SMILES string of the molecule is C#CCSCCNC(=O)C(C#N)C(C)C. The van der Waals surface area contributed by atoms with E-state index in [0.717, 1.165) is 5.75 Å². The highest BCUT2D eigenvalue weighted by Crippen LogP contribution is 2.09. The minimum Gasteiger partial charge on any atom is -0.354 e. The smallest absolute Gasteiger partial charge is 0.237 e. The highest BCUT2D eigenvalue weighted by atomic mass is 32.2. The van der Waals surface area contributed by atoms with Gasteiger partial charge in [0.25, 0.3) is 0 Å². The molecule has 1 N–H and O–H groups in total. The minimum atomic E-state index is -0.553. The highest BCUT2D eigenvalue weighted by Gasteiger charge is 2.20. The molecule has 3 nitrogen and oxygen atoms in total. The van der Waals surface area contributed by atoms with Crippen LogP contribution in [0.15, 0.2) is 0 Å². The maximum Gasteiger partial charge on any atom is 0.237 e. The summed E-state index contributed by atoms with van der Waals surface area (Å²) in [6.45, 7) is 4.29. The lowest BCUT2D eigenvalue weighted by atomic mass is 9.97. The standard InChI is InChI=1S/C11H16N2OS/c1-4-6-15-7-5-13-11(14)10(8-12)9(2)3/h1,9-10H,5-7H2,2-3H3,(H,13,14). The lowest BCUT2D eigenvalue weighted by Crippen LogP contribution is -2.34. The Hall–Kier alpha value is -1.13. The topological polar surface area (TPSA) is 52.9 Å². The molecule has 82 valence electrons. The van der Waals surface area contributed by atoms with E-state index < -0.39 is 5.92 Å². The Labute approximate surface area is 95.6 Å². The number of rotatable bonds is 6. The molecule has 0 rings (SSSR count). The van der Waals surface area contributed by atoms with Crippen LogP contribution < -0.4 is 5.32 Å². The van der Waals surface area contributed by atoms with E-state index in [-0.39, 0.29) is 11.8 Å². The van der Waals surface area contributed by atoms with Crippen LogP contribution in [-0.2, 0) is 4.79 Å². The van der Waals surface area contributed by atoms with Gasteiger partial charge in [-0.1, -0.05) is 19.8 Å². The third kappa shape index (κ3) is 6.04. The molecule has 0 saturated heterocycles. The van der Waals surface area contributed by atoms with Crippen molar-refractivity contribution < 1.29 is 4.79 Å². The number of terminal acetylenes is 1. The number of nitrogens with zero attached hydrogens (tertiary/aromatic N) is 1. The molecule has 15 heavy (non-hydrogen) atoms. The zero-order valence-electron chi connectivity index (χ0n) is 9.12. The van der Waals surface area contributed by atoms with Crippen LogP contribution in [0.5, 0.6) is 0 Å². The van der Waals surface area contributed by atoms with Crippen molar-refractivity contribution in [3.63, 3.8) is 0 Å². The lowest BCUT2D eigenvalue weighted by Gasteiger charge is -2.12. The summed E-state index contributed by atoms with van der Waals surface area (Å²) in [6.07, 6.45) is 5.08. The molecule has 0 heterocycles. The van der Waals surface area contributed by atoms with Crippen molar-refractivity contribution in [2.24, 2.45) is 11.8 Å². The molecule has 0 fully saturated rings. The second-order valence-electron chi connectivity index (χ2n) is 3.40. The molecule has 0 aliphatic carbocycles. The summed E-state index contributed by atoms with van der Waals surface area (Å²) in [6, 6.07) is 2.00. The van der Waals surface area contributed by atoms with E-state index in [1.807, 2.05) is 19.9 Å². The van der Waals surface area contributed by atoms with E-state index in [4.69, 9.17) is 11.7 Å². The first-order valence-electron chi connectivity index (χ1n) is 4.82. The number of hydrogen-bond acceptors (Lipinski definition) is 3. The Morgan fingerprint density at radius 3 is 2.73 bits per heavy atom. The Balaban J connectivity index is 3.75. The molecule has 0 aromatic carbocycles. The first-order valence-corrected chi connectivity index (χ1v) is 5.97. The molecule has 0 bridgehead atoms. The fourth-order valence-corrected chi connectivity index (χ4v) is 1.51. The lowest BCUT2D eigenvalue weighted by molar-refractivity contribution is -0.124. The van der Waals surface area contributed by atoms with Crippen LogP contribution in [0.2, 0.25) is 0 Å². The first-order chi connectivity index (χ1) is 7.13. The molecule has 0 spiro atoms. The summed E-state index contributed by atoms with van der Waals surface area (Å²) in [7, 11) is 0. The summed E-state index contributed by atoms with van der Waals surface area (Å²) < 4.78 is 0. The van der Waals surface area contributed by atoms with Gasteiger partial charge in [-0.05, 0) is 5.92 Å². The van der Waals surface area contributed by atoms with Gasteiger partial charge in [0, 0.05) is 12.3 Å². The summed E-state index contributed by atoms with van der Waals surface area (Å²) in [5, 5.41) is 11.5. The third-order valence-electron chi connectivity index (χ3n) is 1.82. The number of carbonyl (C=O) groups is 1. The van der Waals surface area contributed by atoms with Gasteiger partial charge in [0.15, 0.2) is 0 Å². The minimum absolute atomic E-state index is 0.0494. The van der Waals surface area contributed by atoms with Gasteiger partial charge in [-0.2, -0.15) is 5.26 Å². The molecule has 1 unspecified atom stereocenters. The zero-order chi connectivity index (χ0) is 11.7. The fraction of sp³-hybridized carbons (Fsp3) is 0.636. The van der Waals surface area contributed by atoms with Gasteiger partial charge in [0.1, 0.15) is 5.92 Å². The maximum absolute atomic E-state index is 11.5. The van der Waals surface area contributed by atoms with E-state index in [1.165, 1.54) is 0 Å². The molecule has 0 aliphatic heterocycles. The highest BCUT2D eigenvalue weighted by molar-refractivity contribution is 7.99. The van der Waals surface area contributed by atoms with Crippen LogP contribution in [0, 0.1) is 35.5 Å². The average Bonchev–Trinajstić information content (AvgIpc) is 2.18. The van der Waals surface area contributed by atoms with Crippen molar-refractivity contribution >= 4 is 17.7 Å². The summed E-state index contributed by atoms with van der Waals surface area (Å²) in [5.74, 6) is 3.25. The van der Waals surface area contributed by atoms with Crippen LogP contribution in [0.3, 0.4) is 0 Å². The van der Waals surface area contributed by atoms with Crippen molar-refractivity contribution in [1.82, 2.24) is 5.32 Å². The maximum atomic E-state index is 11.5. The van der Waals surface area contributed by atoms with Crippen molar-refractivity contribution in [2.75, 3.05) is 18.1 Å². The molecule has 0 radical (unpaired) electrons. The molecule has 0 aliphatic rings. The van der Waals surface area contributed by atoms with Crippen LogP contribution in [0.4, 0.5) is 0 Å². The third-order valence-corrected chi connectivity index (χ3v) is 2.68. The van der Waals surface area contributed by atoms with Gasteiger partial charge in [0.05, 0.1) is 11.8 Å². The predicted octanol–water partition coefficient (Wildman–Crippen LogP) is 1.26. The second kappa shape index (κ2) is 8.20. The van der Waals surface area contributed by atoms with E-state index in [9.17, 15) is 4.79 Å². The number of nitrogens with one attached hydrogen (secondary N) is 1. The first kappa shape index (κ1) is 13.9. The van der Waals surface area contributed by atoms with E-state index >= 15 is 0 Å². The number of carbonyl (C=O) groups excluding carboxylic acids is 1. The Morgan fingerprint density at radius 1 is 1.60 bits per heavy atom. The number of amides is 1. The van der Waals surface area contributed by atoms with Crippen LogP contribution in [0.1, 0.15) is 13.8 Å². The largest absolute Gasteiger partial charge is 0.354 e. The quantitative estimate of drug-likeness (QED) is 0.546. The number of hydrogen-bond donors (Lipinski definition) is 1. The average molecular weight is 224 g/mol. The van der Waals surface area contributed by atoms with Gasteiger partial charge in [0.2, 0.25) is 5.91 Å². The molecular weight excluding hydrogens is 208 g/mol. The van der Waals surface area contributed by atoms with Gasteiger partial charge in [-0.25, -0.2) is 0 Å². The Morgan fingerprint density at radius 2 is 2.27 bits per heavy atom. The molecule has 0 saturated carbocycles. The van der Waals surface area contributed by atoms with E-state index in [1.54, 1.807) is 11.8 Å². The van der Waals surface area contributed by atoms with Crippen molar-refractivity contribution in [1.29, 1.82) is 5.26 Å². The van der Waals surface area contributed by atoms with Gasteiger partial charge >= 0.3 is 0 Å². The van der Waals surface area contributed by atoms with Gasteiger partial charge in [-0.15, -0.1) is 18.2 Å². The molecule has 0 aromatic rings. The monoisotopic (exact) mass is 224 g/mol. The summed E-state index contributed by atoms with van der Waals surface area (Å²) >= 11 is 1.59. The fourth-order valence-electron chi connectivity index (χ4n) is 0.998. The molecule has 1 atom stereocenters. The van der Waals surface area contributed by atoms with Gasteiger partial charge < -0.3 is 5.32 Å². The summed E-state index contributed by atoms with van der Waals surface area (Å²) in [4.78, 5) is 11.5. The van der Waals surface area contributed by atoms with E-state index in [2.05, 4.69) is 11.2 Å². The van der Waals surface area contributed by atoms with Crippen molar-refractivity contribution in [2.45, 2.75) is 13.8 Å². The molecule has 1 amide bonds. The van der Waals surface area contributed by atoms with Crippen LogP contribution in [0.25, 0.3) is 0 Å². The van der Waals surface area contributed by atoms with Crippen LogP contribution in [-0.4, -0.2) is 24.0 Å². The van der Waals surface area contributed by atoms with Crippen molar-refractivity contribution in [3.8, 4) is 18.4 Å². The van der Waals surface area contributed by atoms with Gasteiger partial charge in [-0.3, -0.25) is 4.79 Å². The molecule has 4 heteroatoms. The predicted molar refractivity (Wildman–Crippen MR) is 63.1 cm³/mol. The normalized spacial score (nSPS) is 11.5. The zero-order valence-corrected chi connectivity index (χ0v) is 9.93. The molecular formula is C11H16N2OS. The Kier molecular flexibility index (Phi) is 7.58. The molecule has 0 aromatic heterocycles. The second-order valence-corrected chi connectivity index (χ2v) is 4.50. The van der Waals surface area contributed by atoms with E-state index in [0.29, 0.717) is 12.3 Å². The Bertz CT molecular complexity index is 275. The van der Waals surface area contributed by atoms with Crippen LogP contribution >= 0.6 is 11.8 Å². The number of thioether (sulfide) groups is 1.